The smallest absolute Gasteiger partial charge is 0.203 e. The van der Waals surface area contributed by atoms with E-state index in [4.69, 9.17) is 14.2 Å². The number of aromatic nitrogens is 2. The summed E-state index contributed by atoms with van der Waals surface area (Å²) in [6, 6.07) is 16.0. The number of nitrogens with one attached hydrogen (secondary N) is 1. The van der Waals surface area contributed by atoms with Crippen LogP contribution in [0.2, 0.25) is 0 Å². The molecule has 0 unspecified atom stereocenters. The number of rotatable bonds is 7. The summed E-state index contributed by atoms with van der Waals surface area (Å²) in [5.41, 5.74) is 4.94. The van der Waals surface area contributed by atoms with Crippen LogP contribution in [0.3, 0.4) is 0 Å². The summed E-state index contributed by atoms with van der Waals surface area (Å²) in [7, 11) is 4.73. The van der Waals surface area contributed by atoms with Gasteiger partial charge in [-0.05, 0) is 30.7 Å². The van der Waals surface area contributed by atoms with Crippen LogP contribution in [0.4, 0.5) is 5.82 Å². The van der Waals surface area contributed by atoms with E-state index in [1.54, 1.807) is 44.9 Å². The van der Waals surface area contributed by atoms with Gasteiger partial charge in [-0.25, -0.2) is 9.97 Å². The van der Waals surface area contributed by atoms with Gasteiger partial charge in [0.25, 0.3) is 0 Å². The van der Waals surface area contributed by atoms with Crippen molar-refractivity contribution in [1.82, 2.24) is 9.97 Å². The van der Waals surface area contributed by atoms with Crippen molar-refractivity contribution >= 4 is 33.6 Å². The van der Waals surface area contributed by atoms with Crippen LogP contribution < -0.4 is 19.6 Å². The second-order valence-corrected chi connectivity index (χ2v) is 7.64. The van der Waals surface area contributed by atoms with E-state index in [1.807, 2.05) is 31.2 Å². The highest BCUT2D eigenvalue weighted by Crippen LogP contribution is 2.39. The number of nitrogens with zero attached hydrogens (tertiary/aromatic N) is 3. The van der Waals surface area contributed by atoms with Crippen molar-refractivity contribution in [3.63, 3.8) is 0 Å². The minimum Gasteiger partial charge on any atom is -0.493 e. The van der Waals surface area contributed by atoms with Gasteiger partial charge in [-0.15, -0.1) is 11.3 Å². The molecule has 0 aliphatic heterocycles. The Kier molecular flexibility index (Phi) is 5.99. The Morgan fingerprint density at radius 1 is 0.935 bits per heavy atom. The molecule has 0 saturated heterocycles. The van der Waals surface area contributed by atoms with E-state index in [2.05, 4.69) is 38.7 Å². The molecule has 2 aromatic heterocycles. The van der Waals surface area contributed by atoms with Gasteiger partial charge in [0.05, 0.1) is 32.9 Å². The van der Waals surface area contributed by atoms with Crippen LogP contribution in [0.5, 0.6) is 17.2 Å². The van der Waals surface area contributed by atoms with Crippen molar-refractivity contribution in [2.45, 2.75) is 6.92 Å². The minimum absolute atomic E-state index is 0.513. The first kappa shape index (κ1) is 20.6. The van der Waals surface area contributed by atoms with E-state index >= 15 is 0 Å². The number of aryl methyl sites for hydroxylation is 1. The van der Waals surface area contributed by atoms with Gasteiger partial charge >= 0.3 is 0 Å². The van der Waals surface area contributed by atoms with Crippen LogP contribution in [-0.2, 0) is 0 Å². The Hall–Kier alpha value is -3.65. The first-order chi connectivity index (χ1) is 15.1. The lowest BCUT2D eigenvalue weighted by atomic mass is 10.2. The van der Waals surface area contributed by atoms with Gasteiger partial charge in [0, 0.05) is 10.4 Å². The largest absolute Gasteiger partial charge is 0.493 e. The third kappa shape index (κ3) is 4.15. The average Bonchev–Trinajstić information content (AvgIpc) is 3.23. The molecule has 0 amide bonds. The lowest BCUT2D eigenvalue weighted by Crippen LogP contribution is -2.00. The van der Waals surface area contributed by atoms with Gasteiger partial charge in [0.15, 0.2) is 17.3 Å². The molecule has 4 rings (SSSR count). The van der Waals surface area contributed by atoms with Crippen LogP contribution in [0.1, 0.15) is 11.4 Å². The SMILES string of the molecule is COc1ccc(/C=N/Nc2nc(C)nc3sc(-c4ccccc4)cc23)c(OC)c1OC. The number of ether oxygens (including phenoxy) is 3. The summed E-state index contributed by atoms with van der Waals surface area (Å²) < 4.78 is 16.3. The lowest BCUT2D eigenvalue weighted by Gasteiger charge is -2.13. The maximum absolute atomic E-state index is 5.51. The molecule has 0 aliphatic carbocycles. The van der Waals surface area contributed by atoms with Crippen molar-refractivity contribution < 1.29 is 14.2 Å². The minimum atomic E-state index is 0.513. The third-order valence-electron chi connectivity index (χ3n) is 4.67. The molecule has 0 fully saturated rings. The van der Waals surface area contributed by atoms with Crippen LogP contribution in [0, 0.1) is 6.92 Å². The molecule has 0 bridgehead atoms. The highest BCUT2D eigenvalue weighted by molar-refractivity contribution is 7.21. The zero-order valence-corrected chi connectivity index (χ0v) is 18.5. The second kappa shape index (κ2) is 9.01. The number of thiophene rings is 1. The summed E-state index contributed by atoms with van der Waals surface area (Å²) in [6.07, 6.45) is 1.66. The number of hydrazone groups is 1. The van der Waals surface area contributed by atoms with Crippen molar-refractivity contribution in [1.29, 1.82) is 0 Å². The zero-order chi connectivity index (χ0) is 21.8. The molecule has 158 valence electrons. The average molecular weight is 435 g/mol. The number of hydrogen-bond donors (Lipinski definition) is 1. The Balaban J connectivity index is 1.66. The molecule has 0 spiro atoms. The molecule has 31 heavy (non-hydrogen) atoms. The van der Waals surface area contributed by atoms with Crippen molar-refractivity contribution in [2.75, 3.05) is 26.8 Å². The molecule has 2 heterocycles. The molecule has 1 N–H and O–H groups in total. The van der Waals surface area contributed by atoms with E-state index in [9.17, 15) is 0 Å². The van der Waals surface area contributed by atoms with Gasteiger partial charge in [-0.1, -0.05) is 30.3 Å². The quantitative estimate of drug-likeness (QED) is 0.321. The Morgan fingerprint density at radius 3 is 2.42 bits per heavy atom. The Bertz CT molecular complexity index is 1240. The molecule has 0 saturated carbocycles. The molecule has 0 aliphatic rings. The number of methoxy groups -OCH3 is 3. The fourth-order valence-electron chi connectivity index (χ4n) is 3.25. The van der Waals surface area contributed by atoms with E-state index in [-0.39, 0.29) is 0 Å². The number of anilines is 1. The van der Waals surface area contributed by atoms with Crippen molar-refractivity contribution in [3.8, 4) is 27.7 Å². The Morgan fingerprint density at radius 2 is 1.71 bits per heavy atom. The van der Waals surface area contributed by atoms with E-state index in [0.29, 0.717) is 28.9 Å². The molecule has 7 nitrogen and oxygen atoms in total. The van der Waals surface area contributed by atoms with Crippen molar-refractivity contribution in [3.05, 3.63) is 59.9 Å². The molecule has 2 aromatic carbocycles. The molecular formula is C23H22N4O3S. The van der Waals surface area contributed by atoms with Crippen LogP contribution >= 0.6 is 11.3 Å². The first-order valence-electron chi connectivity index (χ1n) is 9.56. The van der Waals surface area contributed by atoms with Gasteiger partial charge < -0.3 is 14.2 Å². The molecule has 4 aromatic rings. The van der Waals surface area contributed by atoms with Gasteiger partial charge in [-0.3, -0.25) is 5.43 Å². The van der Waals surface area contributed by atoms with E-state index < -0.39 is 0 Å². The lowest BCUT2D eigenvalue weighted by molar-refractivity contribution is 0.324. The third-order valence-corrected chi connectivity index (χ3v) is 5.75. The van der Waals surface area contributed by atoms with Gasteiger partial charge in [0.1, 0.15) is 10.7 Å². The fourth-order valence-corrected chi connectivity index (χ4v) is 4.33. The molecular weight excluding hydrogens is 412 g/mol. The number of hydrogen-bond acceptors (Lipinski definition) is 8. The molecule has 8 heteroatoms. The number of benzene rings is 2. The van der Waals surface area contributed by atoms with E-state index in [0.717, 1.165) is 26.2 Å². The highest BCUT2D eigenvalue weighted by Gasteiger charge is 2.15. The van der Waals surface area contributed by atoms with E-state index in [1.165, 1.54) is 0 Å². The maximum Gasteiger partial charge on any atom is 0.203 e. The summed E-state index contributed by atoms with van der Waals surface area (Å²) in [4.78, 5) is 11.2. The van der Waals surface area contributed by atoms with Crippen LogP contribution in [0.25, 0.3) is 20.7 Å². The molecule has 0 atom stereocenters. The first-order valence-corrected chi connectivity index (χ1v) is 10.4. The predicted octanol–water partition coefficient (Wildman–Crippen LogP) is 5.14. The van der Waals surface area contributed by atoms with Crippen LogP contribution in [-0.4, -0.2) is 37.5 Å². The summed E-state index contributed by atoms with van der Waals surface area (Å²) in [5.74, 6) is 2.97. The second-order valence-electron chi connectivity index (χ2n) is 6.61. The Labute approximate surface area is 184 Å². The highest BCUT2D eigenvalue weighted by atomic mass is 32.1. The summed E-state index contributed by atoms with van der Waals surface area (Å²) >= 11 is 1.63. The predicted molar refractivity (Wildman–Crippen MR) is 125 cm³/mol. The number of fused-ring (bicyclic) bond motifs is 1. The normalized spacial score (nSPS) is 11.1. The summed E-state index contributed by atoms with van der Waals surface area (Å²) in [5, 5.41) is 5.31. The summed E-state index contributed by atoms with van der Waals surface area (Å²) in [6.45, 7) is 1.87. The van der Waals surface area contributed by atoms with Gasteiger partial charge in [0.2, 0.25) is 5.75 Å². The molecule has 0 radical (unpaired) electrons. The zero-order valence-electron chi connectivity index (χ0n) is 17.7. The van der Waals surface area contributed by atoms with Gasteiger partial charge in [-0.2, -0.15) is 5.10 Å². The monoisotopic (exact) mass is 434 g/mol. The maximum atomic E-state index is 5.51. The fraction of sp³-hybridized carbons (Fsp3) is 0.174. The van der Waals surface area contributed by atoms with Crippen molar-refractivity contribution in [2.24, 2.45) is 5.10 Å². The topological polar surface area (TPSA) is 77.9 Å². The van der Waals surface area contributed by atoms with Crippen LogP contribution in [0.15, 0.2) is 53.6 Å². The standard InChI is InChI=1S/C23H22N4O3S/c1-14-25-22(17-12-19(31-23(17)26-14)15-8-6-5-7-9-15)27-24-13-16-10-11-18(28-2)21(30-4)20(16)29-3/h5-13H,1-4H3,(H,25,26,27)/b24-13+.